The number of benzene rings is 2. The number of nitrogens with zero attached hydrogens (tertiary/aromatic N) is 1. The summed E-state index contributed by atoms with van der Waals surface area (Å²) < 4.78 is 34.6. The number of carboxylic acids is 3. The standard InChI is InChI=1S/C18H20N2O9S/c21-16(22)9-19(10-17(23)24)7-8-20(11-18(25)26)14-5-6-15(30(27,28)29)13-4-2-1-3-12(13)14/h1-6H,7-11H2,(H,21,22)(H,23,24)(H,25,26)(H,27,28,29)/p-3. The highest BCUT2D eigenvalue weighted by Gasteiger charge is 2.18. The molecule has 1 N–H and O–H groups in total. The van der Waals surface area contributed by atoms with Crippen LogP contribution in [-0.2, 0) is 24.5 Å². The molecule has 2 rings (SSSR count). The quantitative estimate of drug-likeness (QED) is 0.333. The average molecular weight is 437 g/mol. The molecule has 2 aromatic carbocycles. The summed E-state index contributed by atoms with van der Waals surface area (Å²) in [7, 11) is -4.79. The molecule has 0 aromatic heterocycles. The summed E-state index contributed by atoms with van der Waals surface area (Å²) in [5.41, 5.74) is 0.253. The van der Waals surface area contributed by atoms with E-state index in [-0.39, 0.29) is 34.4 Å². The molecule has 0 fully saturated rings. The molecule has 0 amide bonds. The van der Waals surface area contributed by atoms with Gasteiger partial charge in [0.2, 0.25) is 0 Å². The smallest absolute Gasteiger partial charge is 0.125 e. The lowest BCUT2D eigenvalue weighted by molar-refractivity contribution is -0.887. The molecule has 0 heterocycles. The van der Waals surface area contributed by atoms with Crippen LogP contribution in [-0.4, -0.2) is 63.6 Å². The lowest BCUT2D eigenvalue weighted by Crippen LogP contribution is -3.15. The average Bonchev–Trinajstić information content (AvgIpc) is 2.62. The van der Waals surface area contributed by atoms with Gasteiger partial charge < -0.3 is 44.1 Å². The highest BCUT2D eigenvalue weighted by atomic mass is 32.2. The van der Waals surface area contributed by atoms with E-state index in [1.807, 2.05) is 0 Å². The third-order valence-electron chi connectivity index (χ3n) is 4.31. The van der Waals surface area contributed by atoms with E-state index < -0.39 is 52.6 Å². The van der Waals surface area contributed by atoms with Gasteiger partial charge in [-0.2, -0.15) is 0 Å². The Morgan fingerprint density at radius 1 is 0.867 bits per heavy atom. The number of nitrogens with one attached hydrogen (secondary N) is 1. The van der Waals surface area contributed by atoms with Crippen LogP contribution in [0, 0.1) is 0 Å². The molecule has 0 spiro atoms. The largest absolute Gasteiger partial charge is 0.744 e. The molecule has 30 heavy (non-hydrogen) atoms. The van der Waals surface area contributed by atoms with Crippen molar-refractivity contribution in [3.8, 4) is 0 Å². The van der Waals surface area contributed by atoms with E-state index in [0.717, 1.165) is 6.07 Å². The van der Waals surface area contributed by atoms with E-state index in [1.165, 1.54) is 29.2 Å². The Bertz CT molecular complexity index is 1050. The molecule has 11 nitrogen and oxygen atoms in total. The Labute approximate surface area is 171 Å². The second-order valence-corrected chi connectivity index (χ2v) is 7.82. The summed E-state index contributed by atoms with van der Waals surface area (Å²) in [4.78, 5) is 33.8. The third-order valence-corrected chi connectivity index (χ3v) is 5.21. The van der Waals surface area contributed by atoms with Crippen molar-refractivity contribution >= 4 is 44.5 Å². The summed E-state index contributed by atoms with van der Waals surface area (Å²) >= 11 is 0. The van der Waals surface area contributed by atoms with Crippen LogP contribution < -0.4 is 25.1 Å². The fourth-order valence-electron chi connectivity index (χ4n) is 3.13. The van der Waals surface area contributed by atoms with Gasteiger partial charge in [0.15, 0.2) is 0 Å². The van der Waals surface area contributed by atoms with Crippen LogP contribution in [0.1, 0.15) is 0 Å². The molecule has 0 unspecified atom stereocenters. The van der Waals surface area contributed by atoms with Crippen LogP contribution in [0.2, 0.25) is 0 Å². The van der Waals surface area contributed by atoms with Gasteiger partial charge in [0.1, 0.15) is 23.2 Å². The van der Waals surface area contributed by atoms with Crippen LogP contribution in [0.4, 0.5) is 5.69 Å². The number of fused-ring (bicyclic) bond motifs is 1. The number of anilines is 1. The van der Waals surface area contributed by atoms with Gasteiger partial charge in [-0.3, -0.25) is 0 Å². The van der Waals surface area contributed by atoms with E-state index in [4.69, 9.17) is 0 Å². The van der Waals surface area contributed by atoms with Gasteiger partial charge in [-0.25, -0.2) is 8.42 Å². The summed E-state index contributed by atoms with van der Waals surface area (Å²) in [6.45, 7) is -2.14. The van der Waals surface area contributed by atoms with E-state index in [9.17, 15) is 42.7 Å². The number of rotatable bonds is 11. The van der Waals surface area contributed by atoms with Crippen molar-refractivity contribution in [1.82, 2.24) is 0 Å². The van der Waals surface area contributed by atoms with Crippen molar-refractivity contribution in [3.63, 3.8) is 0 Å². The number of hydrogen-bond donors (Lipinski definition) is 1. The third kappa shape index (κ3) is 6.14. The Morgan fingerprint density at radius 3 is 1.93 bits per heavy atom. The maximum Gasteiger partial charge on any atom is 0.125 e. The van der Waals surface area contributed by atoms with Crippen LogP contribution in [0.25, 0.3) is 10.8 Å². The first-order valence-electron chi connectivity index (χ1n) is 8.64. The molecule has 0 aliphatic rings. The summed E-state index contributed by atoms with van der Waals surface area (Å²) in [6, 6.07) is 8.27. The maximum atomic E-state index is 11.5. The minimum Gasteiger partial charge on any atom is -0.744 e. The van der Waals surface area contributed by atoms with Crippen molar-refractivity contribution in [2.75, 3.05) is 37.6 Å². The number of carbonyl (C=O) groups is 3. The van der Waals surface area contributed by atoms with Crippen molar-refractivity contribution in [2.45, 2.75) is 4.90 Å². The Kier molecular flexibility index (Phi) is 7.32. The van der Waals surface area contributed by atoms with Crippen LogP contribution >= 0.6 is 0 Å². The zero-order chi connectivity index (χ0) is 22.5. The molecule has 0 saturated heterocycles. The predicted molar refractivity (Wildman–Crippen MR) is 94.7 cm³/mol. The van der Waals surface area contributed by atoms with Gasteiger partial charge in [0.05, 0.1) is 42.4 Å². The molecular weight excluding hydrogens is 420 g/mol. The molecule has 0 aliphatic carbocycles. The first-order chi connectivity index (χ1) is 14.0. The van der Waals surface area contributed by atoms with Gasteiger partial charge >= 0.3 is 0 Å². The molecule has 12 heteroatoms. The Hall–Kier alpha value is -3.22. The fourth-order valence-corrected chi connectivity index (χ4v) is 3.81. The second-order valence-electron chi connectivity index (χ2n) is 6.47. The molecule has 0 radical (unpaired) electrons. The zero-order valence-electron chi connectivity index (χ0n) is 15.5. The molecule has 0 saturated carbocycles. The minimum absolute atomic E-state index is 0.0569. The van der Waals surface area contributed by atoms with Gasteiger partial charge in [-0.1, -0.05) is 24.3 Å². The molecule has 0 atom stereocenters. The van der Waals surface area contributed by atoms with E-state index >= 15 is 0 Å². The zero-order valence-corrected chi connectivity index (χ0v) is 16.3. The number of carboxylic acid groups (broad SMARTS) is 3. The molecular formula is C18H17N2O9S-3. The molecule has 2 aromatic rings. The van der Waals surface area contributed by atoms with Crippen molar-refractivity contribution in [2.24, 2.45) is 0 Å². The Morgan fingerprint density at radius 2 is 1.43 bits per heavy atom. The van der Waals surface area contributed by atoms with Crippen molar-refractivity contribution < 1.29 is 47.6 Å². The van der Waals surface area contributed by atoms with Crippen LogP contribution in [0.5, 0.6) is 0 Å². The SMILES string of the molecule is O=C([O-])CN(CC[NH+](CC(=O)[O-])CC(=O)[O-])c1ccc(S(=O)(=O)[O-])c2ccccc12. The predicted octanol–water partition coefficient (Wildman–Crippen LogP) is -5.32. The summed E-state index contributed by atoms with van der Waals surface area (Å²) in [5.74, 6) is -4.46. The highest BCUT2D eigenvalue weighted by molar-refractivity contribution is 7.86. The molecule has 0 aliphatic heterocycles. The number of carbonyl (C=O) groups excluding carboxylic acids is 3. The maximum absolute atomic E-state index is 11.5. The van der Waals surface area contributed by atoms with Gasteiger partial charge in [0, 0.05) is 16.5 Å². The number of aliphatic carboxylic acids is 3. The number of quaternary nitrogens is 1. The normalized spacial score (nSPS) is 11.5. The summed E-state index contributed by atoms with van der Waals surface area (Å²) in [6.07, 6.45) is 0. The number of hydrogen-bond acceptors (Lipinski definition) is 10. The fraction of sp³-hybridized carbons (Fsp3) is 0.278. The van der Waals surface area contributed by atoms with E-state index in [2.05, 4.69) is 0 Å². The first kappa shape index (κ1) is 23.1. The van der Waals surface area contributed by atoms with Crippen molar-refractivity contribution in [3.05, 3.63) is 36.4 Å². The Balaban J connectivity index is 2.44. The van der Waals surface area contributed by atoms with E-state index in [0.29, 0.717) is 0 Å². The minimum atomic E-state index is -4.79. The highest BCUT2D eigenvalue weighted by Crippen LogP contribution is 2.31. The van der Waals surface area contributed by atoms with Gasteiger partial charge in [-0.15, -0.1) is 0 Å². The van der Waals surface area contributed by atoms with Crippen LogP contribution in [0.3, 0.4) is 0 Å². The lowest BCUT2D eigenvalue weighted by atomic mass is 10.1. The molecule has 0 bridgehead atoms. The molecule has 162 valence electrons. The monoisotopic (exact) mass is 437 g/mol. The summed E-state index contributed by atoms with van der Waals surface area (Å²) in [5, 5.41) is 33.3. The van der Waals surface area contributed by atoms with Crippen molar-refractivity contribution in [1.29, 1.82) is 0 Å². The first-order valence-corrected chi connectivity index (χ1v) is 10.1. The van der Waals surface area contributed by atoms with Crippen LogP contribution in [0.15, 0.2) is 41.3 Å². The topological polar surface area (TPSA) is 185 Å². The second kappa shape index (κ2) is 9.52. The lowest BCUT2D eigenvalue weighted by Gasteiger charge is -2.29. The van der Waals surface area contributed by atoms with E-state index in [1.54, 1.807) is 6.07 Å². The van der Waals surface area contributed by atoms with Gasteiger partial charge in [0.25, 0.3) is 0 Å². The van der Waals surface area contributed by atoms with Gasteiger partial charge in [-0.05, 0) is 12.1 Å².